The van der Waals surface area contributed by atoms with Crippen LogP contribution in [0.15, 0.2) is 47.1 Å². The Morgan fingerprint density at radius 3 is 2.88 bits per heavy atom. The summed E-state index contributed by atoms with van der Waals surface area (Å²) in [6, 6.07) is 10.8. The van der Waals surface area contributed by atoms with Crippen molar-refractivity contribution in [3.8, 4) is 0 Å². The third-order valence-electron chi connectivity index (χ3n) is 4.67. The number of anilines is 1. The maximum absolute atomic E-state index is 5.92. The second kappa shape index (κ2) is 6.61. The Bertz CT molecular complexity index is 796. The van der Waals surface area contributed by atoms with Gasteiger partial charge in [0, 0.05) is 45.1 Å². The number of rotatable bonds is 3. The molecule has 2 aromatic heterocycles. The summed E-state index contributed by atoms with van der Waals surface area (Å²) in [5.74, 6) is 0. The van der Waals surface area contributed by atoms with Gasteiger partial charge in [-0.3, -0.25) is 9.88 Å². The van der Waals surface area contributed by atoms with E-state index in [2.05, 4.69) is 32.8 Å². The zero-order chi connectivity index (χ0) is 16.4. The molecule has 124 valence electrons. The quantitative estimate of drug-likeness (QED) is 0.741. The molecule has 1 aliphatic rings. The number of para-hydroxylation sites is 2. The van der Waals surface area contributed by atoms with Crippen LogP contribution < -0.4 is 4.90 Å². The number of fused-ring (bicyclic) bond motifs is 1. The molecule has 1 saturated heterocycles. The van der Waals surface area contributed by atoms with E-state index < -0.39 is 0 Å². The number of nitrogens with zero attached hydrogens (tertiary/aromatic N) is 4. The van der Waals surface area contributed by atoms with E-state index in [4.69, 9.17) is 4.42 Å². The lowest BCUT2D eigenvalue weighted by molar-refractivity contribution is 0.284. The van der Waals surface area contributed by atoms with Crippen LogP contribution in [0.3, 0.4) is 0 Å². The van der Waals surface area contributed by atoms with Crippen LogP contribution in [-0.2, 0) is 6.54 Å². The highest BCUT2D eigenvalue weighted by Gasteiger charge is 2.19. The number of aryl methyl sites for hydroxylation is 1. The third-order valence-corrected chi connectivity index (χ3v) is 4.67. The normalized spacial score (nSPS) is 16.5. The molecule has 4 rings (SSSR count). The lowest BCUT2D eigenvalue weighted by Crippen LogP contribution is -2.30. The van der Waals surface area contributed by atoms with Gasteiger partial charge in [0.05, 0.1) is 0 Å². The molecule has 1 aliphatic heterocycles. The number of pyridine rings is 1. The maximum Gasteiger partial charge on any atom is 0.298 e. The topological polar surface area (TPSA) is 45.4 Å². The molecule has 1 aromatic carbocycles. The van der Waals surface area contributed by atoms with E-state index >= 15 is 0 Å². The molecule has 0 N–H and O–H groups in total. The molecule has 1 fully saturated rings. The van der Waals surface area contributed by atoms with Crippen LogP contribution in [0.2, 0.25) is 0 Å². The van der Waals surface area contributed by atoms with Gasteiger partial charge in [-0.15, -0.1) is 0 Å². The Morgan fingerprint density at radius 2 is 2.00 bits per heavy atom. The molecule has 0 atom stereocenters. The minimum atomic E-state index is 0.748. The second-order valence-electron chi connectivity index (χ2n) is 6.38. The molecular formula is C19H22N4O. The highest BCUT2D eigenvalue weighted by Crippen LogP contribution is 2.23. The molecule has 0 aliphatic carbocycles. The molecule has 0 radical (unpaired) electrons. The number of oxazole rings is 1. The molecule has 0 bridgehead atoms. The van der Waals surface area contributed by atoms with Gasteiger partial charge >= 0.3 is 0 Å². The Morgan fingerprint density at radius 1 is 1.08 bits per heavy atom. The van der Waals surface area contributed by atoms with Gasteiger partial charge < -0.3 is 9.32 Å². The highest BCUT2D eigenvalue weighted by atomic mass is 16.4. The second-order valence-corrected chi connectivity index (χ2v) is 6.38. The van der Waals surface area contributed by atoms with E-state index in [-0.39, 0.29) is 0 Å². The molecular weight excluding hydrogens is 300 g/mol. The summed E-state index contributed by atoms with van der Waals surface area (Å²) in [5, 5.41) is 0. The van der Waals surface area contributed by atoms with E-state index in [9.17, 15) is 0 Å². The van der Waals surface area contributed by atoms with Gasteiger partial charge in [-0.05, 0) is 42.7 Å². The zero-order valence-electron chi connectivity index (χ0n) is 14.0. The molecule has 0 spiro atoms. The summed E-state index contributed by atoms with van der Waals surface area (Å²) in [6.07, 6.45) is 4.94. The van der Waals surface area contributed by atoms with E-state index in [0.717, 1.165) is 56.3 Å². The lowest BCUT2D eigenvalue weighted by atomic mass is 10.1. The molecule has 0 saturated carbocycles. The summed E-state index contributed by atoms with van der Waals surface area (Å²) in [7, 11) is 0. The van der Waals surface area contributed by atoms with Gasteiger partial charge in [0.1, 0.15) is 5.52 Å². The van der Waals surface area contributed by atoms with Crippen LogP contribution >= 0.6 is 0 Å². The summed E-state index contributed by atoms with van der Waals surface area (Å²) in [5.41, 5.74) is 4.42. The Hall–Kier alpha value is -2.40. The Balaban J connectivity index is 1.45. The van der Waals surface area contributed by atoms with Crippen molar-refractivity contribution in [1.82, 2.24) is 14.9 Å². The first kappa shape index (κ1) is 15.1. The van der Waals surface area contributed by atoms with Crippen LogP contribution in [0.25, 0.3) is 11.1 Å². The molecule has 0 amide bonds. The first-order valence-electron chi connectivity index (χ1n) is 8.52. The van der Waals surface area contributed by atoms with Gasteiger partial charge in [0.25, 0.3) is 6.01 Å². The summed E-state index contributed by atoms with van der Waals surface area (Å²) in [6.45, 7) is 7.15. The SMILES string of the molecule is Cc1cnccc1CN1CCCN(c2nc3ccccc3o2)CC1. The predicted molar refractivity (Wildman–Crippen MR) is 95.1 cm³/mol. The van der Waals surface area contributed by atoms with Crippen molar-refractivity contribution in [3.63, 3.8) is 0 Å². The van der Waals surface area contributed by atoms with Crippen LogP contribution in [-0.4, -0.2) is 41.0 Å². The van der Waals surface area contributed by atoms with Crippen molar-refractivity contribution >= 4 is 17.1 Å². The van der Waals surface area contributed by atoms with Crippen molar-refractivity contribution < 1.29 is 4.42 Å². The molecule has 3 heterocycles. The van der Waals surface area contributed by atoms with Gasteiger partial charge in [-0.1, -0.05) is 12.1 Å². The van der Waals surface area contributed by atoms with E-state index in [1.165, 1.54) is 11.1 Å². The van der Waals surface area contributed by atoms with Crippen molar-refractivity contribution in [2.45, 2.75) is 19.9 Å². The number of benzene rings is 1. The average Bonchev–Trinajstić information content (AvgIpc) is 2.89. The fourth-order valence-corrected chi connectivity index (χ4v) is 3.24. The first-order chi connectivity index (χ1) is 11.8. The molecule has 0 unspecified atom stereocenters. The molecule has 3 aromatic rings. The minimum absolute atomic E-state index is 0.748. The fourth-order valence-electron chi connectivity index (χ4n) is 3.24. The van der Waals surface area contributed by atoms with Crippen molar-refractivity contribution in [3.05, 3.63) is 53.9 Å². The summed E-state index contributed by atoms with van der Waals surface area (Å²) >= 11 is 0. The summed E-state index contributed by atoms with van der Waals surface area (Å²) < 4.78 is 5.92. The first-order valence-corrected chi connectivity index (χ1v) is 8.52. The number of hydrogen-bond acceptors (Lipinski definition) is 5. The highest BCUT2D eigenvalue weighted by molar-refractivity contribution is 5.74. The van der Waals surface area contributed by atoms with Gasteiger partial charge in [0.15, 0.2) is 5.58 Å². The lowest BCUT2D eigenvalue weighted by Gasteiger charge is -2.21. The average molecular weight is 322 g/mol. The monoisotopic (exact) mass is 322 g/mol. The zero-order valence-corrected chi connectivity index (χ0v) is 14.0. The van der Waals surface area contributed by atoms with E-state index in [1.54, 1.807) is 0 Å². The fraction of sp³-hybridized carbons (Fsp3) is 0.368. The van der Waals surface area contributed by atoms with Crippen LogP contribution in [0.4, 0.5) is 6.01 Å². The molecule has 5 heteroatoms. The smallest absolute Gasteiger partial charge is 0.298 e. The standard InChI is InChI=1S/C19H22N4O/c1-15-13-20-8-7-16(15)14-22-9-4-10-23(12-11-22)19-21-17-5-2-3-6-18(17)24-19/h2-3,5-8,13H,4,9-12,14H2,1H3. The van der Waals surface area contributed by atoms with Gasteiger partial charge in [0.2, 0.25) is 0 Å². The molecule has 5 nitrogen and oxygen atoms in total. The van der Waals surface area contributed by atoms with Gasteiger partial charge in [-0.25, -0.2) is 0 Å². The Labute approximate surface area is 141 Å². The minimum Gasteiger partial charge on any atom is -0.423 e. The van der Waals surface area contributed by atoms with Crippen molar-refractivity contribution in [2.24, 2.45) is 0 Å². The Kier molecular flexibility index (Phi) is 4.17. The maximum atomic E-state index is 5.92. The van der Waals surface area contributed by atoms with Crippen LogP contribution in [0, 0.1) is 6.92 Å². The number of aromatic nitrogens is 2. The van der Waals surface area contributed by atoms with Crippen molar-refractivity contribution in [2.75, 3.05) is 31.1 Å². The van der Waals surface area contributed by atoms with Crippen LogP contribution in [0.1, 0.15) is 17.5 Å². The largest absolute Gasteiger partial charge is 0.423 e. The predicted octanol–water partition coefficient (Wildman–Crippen LogP) is 3.24. The summed E-state index contributed by atoms with van der Waals surface area (Å²) in [4.78, 5) is 13.6. The molecule has 24 heavy (non-hydrogen) atoms. The van der Waals surface area contributed by atoms with E-state index in [0.29, 0.717) is 0 Å². The van der Waals surface area contributed by atoms with Gasteiger partial charge in [-0.2, -0.15) is 4.98 Å². The van der Waals surface area contributed by atoms with E-state index in [1.807, 2.05) is 36.7 Å². The van der Waals surface area contributed by atoms with Crippen LogP contribution in [0.5, 0.6) is 0 Å². The third kappa shape index (κ3) is 3.12. The number of hydrogen-bond donors (Lipinski definition) is 0. The van der Waals surface area contributed by atoms with Crippen molar-refractivity contribution in [1.29, 1.82) is 0 Å².